The van der Waals surface area contributed by atoms with Crippen LogP contribution in [0, 0.1) is 5.92 Å². The zero-order chi connectivity index (χ0) is 25.7. The molecule has 0 aromatic heterocycles. The molecule has 0 saturated carbocycles. The van der Waals surface area contributed by atoms with Gasteiger partial charge < -0.3 is 4.74 Å². The van der Waals surface area contributed by atoms with Crippen LogP contribution in [0.4, 0.5) is 0 Å². The first-order valence-electron chi connectivity index (χ1n) is 12.3. The van der Waals surface area contributed by atoms with Crippen molar-refractivity contribution >= 4 is 39.7 Å². The van der Waals surface area contributed by atoms with Crippen LogP contribution in [0.25, 0.3) is 12.2 Å². The maximum Gasteiger partial charge on any atom is 0.333 e. The number of ether oxygens (including phenoxy) is 1. The smallest absolute Gasteiger partial charge is 0.333 e. The highest BCUT2D eigenvalue weighted by molar-refractivity contribution is 7.99. The second-order valence-corrected chi connectivity index (χ2v) is 12.1. The lowest BCUT2D eigenvalue weighted by atomic mass is 10.1. The number of hydrogen-bond donors (Lipinski definition) is 0. The Morgan fingerprint density at radius 2 is 1.54 bits per heavy atom. The van der Waals surface area contributed by atoms with Crippen molar-refractivity contribution in [2.75, 3.05) is 18.1 Å². The number of rotatable bonds is 15. The monoisotopic (exact) mass is 514 g/mol. The summed E-state index contributed by atoms with van der Waals surface area (Å²) < 4.78 is 30.3. The van der Waals surface area contributed by atoms with Gasteiger partial charge in [-0.25, -0.2) is 13.2 Å². The van der Waals surface area contributed by atoms with Gasteiger partial charge in [0.1, 0.15) is 0 Å². The summed E-state index contributed by atoms with van der Waals surface area (Å²) in [7, 11) is -3.30. The molecule has 35 heavy (non-hydrogen) atoms. The van der Waals surface area contributed by atoms with Gasteiger partial charge in [-0.15, -0.1) is 11.8 Å². The van der Waals surface area contributed by atoms with E-state index in [0.29, 0.717) is 23.5 Å². The van der Waals surface area contributed by atoms with Crippen molar-refractivity contribution in [1.82, 2.24) is 0 Å². The summed E-state index contributed by atoms with van der Waals surface area (Å²) in [5, 5.41) is 0. The fraction of sp³-hybridized carbons (Fsp3) is 0.414. The van der Waals surface area contributed by atoms with Crippen LogP contribution < -0.4 is 0 Å². The summed E-state index contributed by atoms with van der Waals surface area (Å²) >= 11 is 1.89. The van der Waals surface area contributed by atoms with E-state index in [2.05, 4.69) is 44.7 Å². The molecule has 2 rings (SSSR count). The molecule has 0 amide bonds. The van der Waals surface area contributed by atoms with Crippen LogP contribution in [-0.4, -0.2) is 32.5 Å². The molecule has 0 spiro atoms. The van der Waals surface area contributed by atoms with Gasteiger partial charge in [0.25, 0.3) is 0 Å². The minimum absolute atomic E-state index is 0.120. The molecular formula is C29H38O4S2. The molecule has 0 unspecified atom stereocenters. The van der Waals surface area contributed by atoms with Gasteiger partial charge in [0.05, 0.1) is 17.3 Å². The number of benzene rings is 2. The minimum Gasteiger partial charge on any atom is -0.462 e. The number of carbonyl (C=O) groups excluding carboxylic acids is 1. The standard InChI is InChI=1S/C29H38O4S2/c1-5-24(4)22-34-27-16-12-25(13-17-27)10-11-26-14-18-28(19-15-26)35(31,32)21-9-7-6-8-20-33-29(30)23(2)3/h10-19,24H,2,5-9,20-22H2,1,3-4H3/t24-/m1/s1. The molecule has 1 atom stereocenters. The Hall–Kier alpha value is -2.31. The van der Waals surface area contributed by atoms with E-state index in [9.17, 15) is 13.2 Å². The molecule has 0 bridgehead atoms. The third-order valence-electron chi connectivity index (χ3n) is 5.71. The quantitative estimate of drug-likeness (QED) is 0.0812. The molecule has 2 aromatic rings. The lowest BCUT2D eigenvalue weighted by molar-refractivity contribution is -0.139. The fourth-order valence-corrected chi connectivity index (χ4v) is 5.58. The van der Waals surface area contributed by atoms with Crippen molar-refractivity contribution in [1.29, 1.82) is 0 Å². The molecule has 0 aliphatic rings. The van der Waals surface area contributed by atoms with Gasteiger partial charge in [0, 0.05) is 16.2 Å². The van der Waals surface area contributed by atoms with Crippen molar-refractivity contribution in [3.63, 3.8) is 0 Å². The third kappa shape index (κ3) is 10.9. The SMILES string of the molecule is C=C(C)C(=O)OCCCCCCS(=O)(=O)c1ccc(C=Cc2ccc(SC[C@H](C)CC)cc2)cc1. The van der Waals surface area contributed by atoms with E-state index in [1.54, 1.807) is 19.1 Å². The second kappa shape index (κ2) is 14.9. The summed E-state index contributed by atoms with van der Waals surface area (Å²) in [6, 6.07) is 15.6. The molecule has 190 valence electrons. The van der Waals surface area contributed by atoms with E-state index >= 15 is 0 Å². The Kier molecular flexibility index (Phi) is 12.4. The summed E-state index contributed by atoms with van der Waals surface area (Å²) in [6.07, 6.45) is 8.15. The van der Waals surface area contributed by atoms with Crippen LogP contribution in [0.2, 0.25) is 0 Å². The highest BCUT2D eigenvalue weighted by Crippen LogP contribution is 2.23. The van der Waals surface area contributed by atoms with Crippen LogP contribution in [0.1, 0.15) is 64.0 Å². The van der Waals surface area contributed by atoms with Crippen molar-refractivity contribution in [2.45, 2.75) is 62.7 Å². The van der Waals surface area contributed by atoms with Crippen LogP contribution in [0.5, 0.6) is 0 Å². The molecule has 0 radical (unpaired) electrons. The maximum absolute atomic E-state index is 12.6. The van der Waals surface area contributed by atoms with E-state index < -0.39 is 9.84 Å². The van der Waals surface area contributed by atoms with Crippen LogP contribution in [0.15, 0.2) is 70.5 Å². The minimum atomic E-state index is -3.30. The predicted molar refractivity (Wildman–Crippen MR) is 148 cm³/mol. The molecule has 6 heteroatoms. The van der Waals surface area contributed by atoms with E-state index in [-0.39, 0.29) is 11.7 Å². The zero-order valence-electron chi connectivity index (χ0n) is 21.2. The van der Waals surface area contributed by atoms with Crippen LogP contribution >= 0.6 is 11.8 Å². The van der Waals surface area contributed by atoms with Gasteiger partial charge in [-0.05, 0) is 61.1 Å². The number of hydrogen-bond acceptors (Lipinski definition) is 5. The number of esters is 1. The van der Waals surface area contributed by atoms with E-state index in [1.807, 2.05) is 36.0 Å². The van der Waals surface area contributed by atoms with Crippen LogP contribution in [-0.2, 0) is 19.4 Å². The van der Waals surface area contributed by atoms with Crippen molar-refractivity contribution in [3.8, 4) is 0 Å². The van der Waals surface area contributed by atoms with Crippen molar-refractivity contribution in [3.05, 3.63) is 71.8 Å². The second-order valence-electron chi connectivity index (χ2n) is 8.95. The number of sulfone groups is 1. The molecule has 0 heterocycles. The molecule has 0 aliphatic heterocycles. The first-order valence-corrected chi connectivity index (χ1v) is 14.9. The average molecular weight is 515 g/mol. The van der Waals surface area contributed by atoms with Gasteiger partial charge in [0.2, 0.25) is 0 Å². The lowest BCUT2D eigenvalue weighted by Gasteiger charge is -2.07. The third-order valence-corrected chi connectivity index (χ3v) is 8.87. The van der Waals surface area contributed by atoms with Gasteiger partial charge >= 0.3 is 5.97 Å². The average Bonchev–Trinajstić information content (AvgIpc) is 2.86. The normalized spacial score (nSPS) is 12.5. The van der Waals surface area contributed by atoms with Gasteiger partial charge in [-0.1, -0.05) is 76.1 Å². The van der Waals surface area contributed by atoms with Crippen LogP contribution in [0.3, 0.4) is 0 Å². The van der Waals surface area contributed by atoms with E-state index in [0.717, 1.165) is 42.1 Å². The first-order chi connectivity index (χ1) is 16.7. The largest absolute Gasteiger partial charge is 0.462 e. The fourth-order valence-electron chi connectivity index (χ4n) is 3.16. The molecule has 2 aromatic carbocycles. The molecule has 0 N–H and O–H groups in total. The predicted octanol–water partition coefficient (Wildman–Crippen LogP) is 7.45. The van der Waals surface area contributed by atoms with Crippen molar-refractivity contribution < 1.29 is 17.9 Å². The Morgan fingerprint density at radius 1 is 0.971 bits per heavy atom. The Bertz CT molecular complexity index is 1070. The summed E-state index contributed by atoms with van der Waals surface area (Å²) in [5.74, 6) is 1.59. The number of unbranched alkanes of at least 4 members (excludes halogenated alkanes) is 3. The Labute approximate surface area is 215 Å². The summed E-state index contributed by atoms with van der Waals surface area (Å²) in [5.41, 5.74) is 2.46. The highest BCUT2D eigenvalue weighted by Gasteiger charge is 2.13. The number of carbonyl (C=O) groups is 1. The Balaban J connectivity index is 1.77. The highest BCUT2D eigenvalue weighted by atomic mass is 32.2. The molecular weight excluding hydrogens is 476 g/mol. The number of thioether (sulfide) groups is 1. The Morgan fingerprint density at radius 3 is 2.11 bits per heavy atom. The molecule has 0 fully saturated rings. The van der Waals surface area contributed by atoms with Gasteiger partial charge in [-0.2, -0.15) is 0 Å². The first kappa shape index (κ1) is 28.9. The van der Waals surface area contributed by atoms with Gasteiger partial charge in [-0.3, -0.25) is 0 Å². The topological polar surface area (TPSA) is 60.4 Å². The van der Waals surface area contributed by atoms with Gasteiger partial charge in [0.15, 0.2) is 9.84 Å². The maximum atomic E-state index is 12.6. The summed E-state index contributed by atoms with van der Waals surface area (Å²) in [6.45, 7) is 9.99. The lowest BCUT2D eigenvalue weighted by Crippen LogP contribution is -2.08. The van der Waals surface area contributed by atoms with E-state index in [1.165, 1.54) is 11.3 Å². The zero-order valence-corrected chi connectivity index (χ0v) is 22.8. The van der Waals surface area contributed by atoms with E-state index in [4.69, 9.17) is 4.74 Å². The van der Waals surface area contributed by atoms with Crippen molar-refractivity contribution in [2.24, 2.45) is 5.92 Å². The summed E-state index contributed by atoms with van der Waals surface area (Å²) in [4.78, 5) is 12.9. The molecule has 0 saturated heterocycles. The molecule has 0 aliphatic carbocycles. The molecule has 4 nitrogen and oxygen atoms in total.